The Morgan fingerprint density at radius 1 is 1.47 bits per heavy atom. The lowest BCUT2D eigenvalue weighted by atomic mass is 9.94. The average Bonchev–Trinajstić information content (AvgIpc) is 2.84. The zero-order valence-electron chi connectivity index (χ0n) is 12.4. The summed E-state index contributed by atoms with van der Waals surface area (Å²) in [5.41, 5.74) is 0. The molecule has 1 unspecified atom stereocenters. The smallest absolute Gasteiger partial charge is 0.226 e. The summed E-state index contributed by atoms with van der Waals surface area (Å²) in [6, 6.07) is 0.636. The van der Waals surface area contributed by atoms with E-state index in [1.54, 1.807) is 0 Å². The van der Waals surface area contributed by atoms with Crippen LogP contribution in [0, 0.1) is 5.92 Å². The number of nitrogens with zero attached hydrogens (tertiary/aromatic N) is 3. The highest BCUT2D eigenvalue weighted by Crippen LogP contribution is 2.21. The number of piperidine rings is 1. The van der Waals surface area contributed by atoms with Gasteiger partial charge in [-0.15, -0.1) is 0 Å². The lowest BCUT2D eigenvalue weighted by molar-refractivity contribution is 0.135. The van der Waals surface area contributed by atoms with Gasteiger partial charge in [0, 0.05) is 32.0 Å². The summed E-state index contributed by atoms with van der Waals surface area (Å²) in [4.78, 5) is 7.02. The van der Waals surface area contributed by atoms with Gasteiger partial charge < -0.3 is 14.7 Å². The first-order chi connectivity index (χ1) is 9.19. The Labute approximate surface area is 115 Å². The van der Waals surface area contributed by atoms with Gasteiger partial charge in [-0.2, -0.15) is 4.98 Å². The first-order valence-electron chi connectivity index (χ1n) is 7.39. The van der Waals surface area contributed by atoms with E-state index in [4.69, 9.17) is 4.52 Å². The number of hydrogen-bond donors (Lipinski definition) is 1. The second-order valence-corrected chi connectivity index (χ2v) is 5.76. The molecule has 1 aromatic heterocycles. The highest BCUT2D eigenvalue weighted by Gasteiger charge is 2.23. The fraction of sp³-hybridized carbons (Fsp3) is 0.857. The molecule has 1 atom stereocenters. The summed E-state index contributed by atoms with van der Waals surface area (Å²) < 4.78 is 5.35. The van der Waals surface area contributed by atoms with Gasteiger partial charge in [0.2, 0.25) is 5.89 Å². The van der Waals surface area contributed by atoms with Crippen molar-refractivity contribution in [3.05, 3.63) is 11.7 Å². The third kappa shape index (κ3) is 4.28. The van der Waals surface area contributed by atoms with Crippen LogP contribution >= 0.6 is 0 Å². The number of nitrogens with one attached hydrogen (secondary N) is 1. The molecule has 0 saturated carbocycles. The van der Waals surface area contributed by atoms with Crippen molar-refractivity contribution in [3.63, 3.8) is 0 Å². The van der Waals surface area contributed by atoms with Gasteiger partial charge in [0.25, 0.3) is 0 Å². The molecule has 1 aromatic rings. The highest BCUT2D eigenvalue weighted by molar-refractivity contribution is 4.90. The van der Waals surface area contributed by atoms with Gasteiger partial charge in [-0.1, -0.05) is 5.16 Å². The molecule has 1 aliphatic rings. The largest absolute Gasteiger partial charge is 0.339 e. The summed E-state index contributed by atoms with van der Waals surface area (Å²) >= 11 is 0. The Bertz CT molecular complexity index is 377. The van der Waals surface area contributed by atoms with Crippen LogP contribution in [-0.4, -0.2) is 47.8 Å². The van der Waals surface area contributed by atoms with Crippen molar-refractivity contribution in [2.45, 2.75) is 45.6 Å². The molecule has 19 heavy (non-hydrogen) atoms. The second-order valence-electron chi connectivity index (χ2n) is 5.76. The fourth-order valence-electron chi connectivity index (χ4n) is 2.69. The van der Waals surface area contributed by atoms with Crippen molar-refractivity contribution < 1.29 is 4.52 Å². The van der Waals surface area contributed by atoms with Crippen molar-refractivity contribution in [2.75, 3.05) is 26.7 Å². The van der Waals surface area contributed by atoms with Crippen LogP contribution in [0.5, 0.6) is 0 Å². The van der Waals surface area contributed by atoms with Crippen molar-refractivity contribution in [3.8, 4) is 0 Å². The molecule has 108 valence electrons. The second kappa shape index (κ2) is 7.01. The zero-order chi connectivity index (χ0) is 13.7. The molecule has 1 N–H and O–H groups in total. The minimum Gasteiger partial charge on any atom is -0.339 e. The lowest BCUT2D eigenvalue weighted by Gasteiger charge is -2.34. The summed E-state index contributed by atoms with van der Waals surface area (Å²) in [5.74, 6) is 2.29. The standard InChI is InChI=1S/C14H26N4O/c1-11(2)18-8-4-5-12(10-18)9-14-16-13(17-19-14)6-7-15-3/h11-12,15H,4-10H2,1-3H3. The lowest BCUT2D eigenvalue weighted by Crippen LogP contribution is -2.40. The van der Waals surface area contributed by atoms with Gasteiger partial charge in [-0.05, 0) is 46.2 Å². The highest BCUT2D eigenvalue weighted by atomic mass is 16.5. The molecule has 0 aliphatic carbocycles. The number of rotatable bonds is 6. The molecule has 2 rings (SSSR count). The van der Waals surface area contributed by atoms with E-state index in [1.165, 1.54) is 19.4 Å². The molecular weight excluding hydrogens is 240 g/mol. The molecule has 0 bridgehead atoms. The van der Waals surface area contributed by atoms with Crippen molar-refractivity contribution >= 4 is 0 Å². The molecule has 0 radical (unpaired) electrons. The van der Waals surface area contributed by atoms with E-state index in [9.17, 15) is 0 Å². The summed E-state index contributed by atoms with van der Waals surface area (Å²) in [6.07, 6.45) is 4.32. The molecule has 5 nitrogen and oxygen atoms in total. The molecule has 1 fully saturated rings. The van der Waals surface area contributed by atoms with Crippen LogP contribution in [0.4, 0.5) is 0 Å². The molecule has 0 amide bonds. The van der Waals surface area contributed by atoms with Crippen LogP contribution in [-0.2, 0) is 12.8 Å². The number of aromatic nitrogens is 2. The molecule has 1 aliphatic heterocycles. The normalized spacial score (nSPS) is 21.2. The van der Waals surface area contributed by atoms with E-state index in [1.807, 2.05) is 7.05 Å². The topological polar surface area (TPSA) is 54.2 Å². The molecular formula is C14H26N4O. The van der Waals surface area contributed by atoms with Crippen LogP contribution < -0.4 is 5.32 Å². The Kier molecular flexibility index (Phi) is 5.34. The minimum atomic E-state index is 0.636. The van der Waals surface area contributed by atoms with Crippen molar-refractivity contribution in [1.29, 1.82) is 0 Å². The van der Waals surface area contributed by atoms with E-state index in [2.05, 4.69) is 34.2 Å². The monoisotopic (exact) mass is 266 g/mol. The van der Waals surface area contributed by atoms with E-state index >= 15 is 0 Å². The van der Waals surface area contributed by atoms with Gasteiger partial charge in [-0.3, -0.25) is 0 Å². The van der Waals surface area contributed by atoms with E-state index in [-0.39, 0.29) is 0 Å². The zero-order valence-corrected chi connectivity index (χ0v) is 12.4. The summed E-state index contributed by atoms with van der Waals surface area (Å²) in [5, 5.41) is 7.13. The van der Waals surface area contributed by atoms with Crippen LogP contribution in [0.2, 0.25) is 0 Å². The SMILES string of the molecule is CNCCc1noc(CC2CCCN(C(C)C)C2)n1. The molecule has 2 heterocycles. The maximum atomic E-state index is 5.35. The average molecular weight is 266 g/mol. The van der Waals surface area contributed by atoms with Gasteiger partial charge in [0.15, 0.2) is 5.82 Å². The fourth-order valence-corrected chi connectivity index (χ4v) is 2.69. The van der Waals surface area contributed by atoms with Gasteiger partial charge in [-0.25, -0.2) is 0 Å². The quantitative estimate of drug-likeness (QED) is 0.845. The van der Waals surface area contributed by atoms with Crippen molar-refractivity contribution in [1.82, 2.24) is 20.4 Å². The first kappa shape index (κ1) is 14.5. The van der Waals surface area contributed by atoms with E-state index < -0.39 is 0 Å². The number of likely N-dealkylation sites (tertiary alicyclic amines) is 1. The first-order valence-corrected chi connectivity index (χ1v) is 7.39. The van der Waals surface area contributed by atoms with Crippen LogP contribution in [0.25, 0.3) is 0 Å². The van der Waals surface area contributed by atoms with E-state index in [0.717, 1.165) is 37.6 Å². The predicted octanol–water partition coefficient (Wildman–Crippen LogP) is 1.49. The molecule has 0 aromatic carbocycles. The molecule has 0 spiro atoms. The summed E-state index contributed by atoms with van der Waals surface area (Å²) in [6.45, 7) is 7.82. The Morgan fingerprint density at radius 2 is 2.32 bits per heavy atom. The van der Waals surface area contributed by atoms with Crippen LogP contribution in [0.15, 0.2) is 4.52 Å². The minimum absolute atomic E-state index is 0.636. The maximum absolute atomic E-state index is 5.35. The molecule has 1 saturated heterocycles. The van der Waals surface area contributed by atoms with Gasteiger partial charge in [0.05, 0.1) is 0 Å². The molecule has 5 heteroatoms. The Hall–Kier alpha value is -0.940. The number of hydrogen-bond acceptors (Lipinski definition) is 5. The third-order valence-electron chi connectivity index (χ3n) is 3.85. The van der Waals surface area contributed by atoms with Crippen molar-refractivity contribution in [2.24, 2.45) is 5.92 Å². The Balaban J connectivity index is 1.84. The van der Waals surface area contributed by atoms with E-state index in [0.29, 0.717) is 12.0 Å². The third-order valence-corrected chi connectivity index (χ3v) is 3.85. The maximum Gasteiger partial charge on any atom is 0.226 e. The van der Waals surface area contributed by atoms with Crippen LogP contribution in [0.1, 0.15) is 38.4 Å². The van der Waals surface area contributed by atoms with Gasteiger partial charge >= 0.3 is 0 Å². The number of likely N-dealkylation sites (N-methyl/N-ethyl adjacent to an activating group) is 1. The van der Waals surface area contributed by atoms with Crippen LogP contribution in [0.3, 0.4) is 0 Å². The summed E-state index contributed by atoms with van der Waals surface area (Å²) in [7, 11) is 1.93. The predicted molar refractivity (Wildman–Crippen MR) is 75.1 cm³/mol. The van der Waals surface area contributed by atoms with Gasteiger partial charge in [0.1, 0.15) is 0 Å². The Morgan fingerprint density at radius 3 is 3.05 bits per heavy atom.